The Hall–Kier alpha value is -1.91. The zero-order valence-corrected chi connectivity index (χ0v) is 16.9. The fourth-order valence-electron chi connectivity index (χ4n) is 2.18. The number of alkyl halides is 3. The van der Waals surface area contributed by atoms with Crippen molar-refractivity contribution in [3.8, 4) is 0 Å². The van der Waals surface area contributed by atoms with Crippen LogP contribution in [0.5, 0.6) is 0 Å². The van der Waals surface area contributed by atoms with Crippen molar-refractivity contribution in [2.45, 2.75) is 6.18 Å². The van der Waals surface area contributed by atoms with Crippen LogP contribution >= 0.6 is 7.92 Å². The van der Waals surface area contributed by atoms with Crippen LogP contribution in [0, 0.1) is 0 Å². The third kappa shape index (κ3) is 7.31. The number of rotatable bonds is 3. The van der Waals surface area contributed by atoms with Gasteiger partial charge in [0.05, 0.1) is 0 Å². The van der Waals surface area contributed by atoms with Gasteiger partial charge >= 0.3 is 28.6 Å². The predicted octanol–water partition coefficient (Wildman–Crippen LogP) is 2.74. The van der Waals surface area contributed by atoms with Crippen LogP contribution in [-0.4, -0.2) is 12.1 Å². The first kappa shape index (κ1) is 23.1. The van der Waals surface area contributed by atoms with Gasteiger partial charge in [-0.05, 0) is 23.8 Å². The van der Waals surface area contributed by atoms with E-state index >= 15 is 0 Å². The summed E-state index contributed by atoms with van der Waals surface area (Å²) in [6.07, 6.45) is -5.19. The Morgan fingerprint density at radius 1 is 0.667 bits per heavy atom. The third-order valence-corrected chi connectivity index (χ3v) is 5.72. The minimum atomic E-state index is -5.19. The first-order valence-electron chi connectivity index (χ1n) is 7.63. The standard InChI is InChI=1S/C18H15P.C2HF3O2.Au/c1-4-10-16(11-5-1)19(17-12-6-2-7-13-17)18-14-8-3-9-15-18;3-2(4,5)1(6)7;/h1-15H;(H,6,7);/q;;+1/p-1. The number of carboxylic acids is 1. The van der Waals surface area contributed by atoms with Crippen LogP contribution in [0.2, 0.25) is 0 Å². The summed E-state index contributed by atoms with van der Waals surface area (Å²) in [5.74, 6) is -3.01. The smallest absolute Gasteiger partial charge is 0.542 e. The molecule has 27 heavy (non-hydrogen) atoms. The molecule has 0 fully saturated rings. The van der Waals surface area contributed by atoms with Gasteiger partial charge in [0, 0.05) is 0 Å². The first-order valence-corrected chi connectivity index (χ1v) is 8.97. The molecule has 144 valence electrons. The first-order chi connectivity index (χ1) is 12.4. The summed E-state index contributed by atoms with van der Waals surface area (Å²) < 4.78 is 31.5. The number of carbonyl (C=O) groups is 1. The number of carboxylic acid groups (broad SMARTS) is 1. The van der Waals surface area contributed by atoms with E-state index in [2.05, 4.69) is 91.0 Å². The van der Waals surface area contributed by atoms with Crippen LogP contribution in [0.25, 0.3) is 0 Å². The second kappa shape index (κ2) is 11.1. The van der Waals surface area contributed by atoms with Crippen LogP contribution in [0.15, 0.2) is 91.0 Å². The van der Waals surface area contributed by atoms with Gasteiger partial charge in [-0.1, -0.05) is 91.0 Å². The van der Waals surface area contributed by atoms with E-state index in [4.69, 9.17) is 9.90 Å². The average Bonchev–Trinajstić information content (AvgIpc) is 2.64. The van der Waals surface area contributed by atoms with Crippen LogP contribution in [0.4, 0.5) is 13.2 Å². The summed E-state index contributed by atoms with van der Waals surface area (Å²) in [7, 11) is -0.446. The van der Waals surface area contributed by atoms with Crippen molar-refractivity contribution in [1.82, 2.24) is 0 Å². The summed E-state index contributed by atoms with van der Waals surface area (Å²) in [6, 6.07) is 32.3. The molecule has 3 rings (SSSR count). The minimum absolute atomic E-state index is 0. The van der Waals surface area contributed by atoms with E-state index in [9.17, 15) is 13.2 Å². The molecule has 2 nitrogen and oxygen atoms in total. The normalized spacial score (nSPS) is 10.4. The maximum Gasteiger partial charge on any atom is 1.00 e. The van der Waals surface area contributed by atoms with Gasteiger partial charge in [0.1, 0.15) is 5.97 Å². The number of hydrogen-bond acceptors (Lipinski definition) is 2. The predicted molar refractivity (Wildman–Crippen MR) is 96.2 cm³/mol. The SMILES string of the molecule is O=C([O-])C(F)(F)F.[Au+].c1ccc(P(c2ccccc2)c2ccccc2)cc1. The molecule has 0 aliphatic carbocycles. The topological polar surface area (TPSA) is 40.1 Å². The Bertz CT molecular complexity index is 719. The van der Waals surface area contributed by atoms with E-state index in [0.29, 0.717) is 0 Å². The van der Waals surface area contributed by atoms with Crippen molar-refractivity contribution in [3.05, 3.63) is 91.0 Å². The number of hydrogen-bond donors (Lipinski definition) is 0. The van der Waals surface area contributed by atoms with Crippen molar-refractivity contribution >= 4 is 29.8 Å². The minimum Gasteiger partial charge on any atom is -0.542 e. The van der Waals surface area contributed by atoms with E-state index in [-0.39, 0.29) is 22.4 Å². The zero-order chi connectivity index (χ0) is 19.0. The van der Waals surface area contributed by atoms with Gasteiger partial charge in [-0.25, -0.2) is 0 Å². The molecule has 0 saturated heterocycles. The Labute approximate surface area is 172 Å². The van der Waals surface area contributed by atoms with Crippen LogP contribution in [0.1, 0.15) is 0 Å². The van der Waals surface area contributed by atoms with Crippen molar-refractivity contribution in [2.24, 2.45) is 0 Å². The Kier molecular flexibility index (Phi) is 9.47. The van der Waals surface area contributed by atoms with Crippen molar-refractivity contribution in [1.29, 1.82) is 0 Å². The number of benzene rings is 3. The van der Waals surface area contributed by atoms with Gasteiger partial charge in [-0.2, -0.15) is 13.2 Å². The molecule has 0 amide bonds. The molecule has 0 N–H and O–H groups in total. The number of aliphatic carboxylic acids is 1. The van der Waals surface area contributed by atoms with Crippen LogP contribution in [-0.2, 0) is 27.2 Å². The molecule has 0 aromatic heterocycles. The van der Waals surface area contributed by atoms with Gasteiger partial charge in [-0.15, -0.1) is 0 Å². The van der Waals surface area contributed by atoms with Crippen molar-refractivity contribution in [2.75, 3.05) is 0 Å². The molecule has 0 radical (unpaired) electrons. The largest absolute Gasteiger partial charge is 1.00 e. The van der Waals surface area contributed by atoms with Gasteiger partial charge < -0.3 is 9.90 Å². The molecule has 0 bridgehead atoms. The fraction of sp³-hybridized carbons (Fsp3) is 0.0500. The monoisotopic (exact) mass is 572 g/mol. The van der Waals surface area contributed by atoms with Gasteiger partial charge in [0.15, 0.2) is 0 Å². The summed E-state index contributed by atoms with van der Waals surface area (Å²) in [6.45, 7) is 0. The maximum atomic E-state index is 10.5. The Balaban J connectivity index is 0.000000395. The van der Waals surface area contributed by atoms with E-state index in [1.807, 2.05) is 0 Å². The zero-order valence-electron chi connectivity index (χ0n) is 13.9. The van der Waals surface area contributed by atoms with Crippen LogP contribution < -0.4 is 21.0 Å². The Morgan fingerprint density at radius 2 is 0.889 bits per heavy atom. The molecule has 3 aromatic rings. The second-order valence-corrected chi connectivity index (χ2v) is 7.35. The molecule has 0 unspecified atom stereocenters. The van der Waals surface area contributed by atoms with E-state index in [1.165, 1.54) is 15.9 Å². The second-order valence-electron chi connectivity index (χ2n) is 5.13. The number of carbonyl (C=O) groups excluding carboxylic acids is 1. The molecule has 0 aliphatic heterocycles. The average molecular weight is 572 g/mol. The summed E-state index contributed by atoms with van der Waals surface area (Å²) >= 11 is 0. The van der Waals surface area contributed by atoms with Crippen molar-refractivity contribution < 1.29 is 45.5 Å². The van der Waals surface area contributed by atoms with Gasteiger partial charge in [0.25, 0.3) is 0 Å². The molecule has 0 heterocycles. The molecule has 3 aromatic carbocycles. The van der Waals surface area contributed by atoms with Crippen LogP contribution in [0.3, 0.4) is 0 Å². The summed E-state index contributed by atoms with van der Waals surface area (Å²) in [5, 5.41) is 13.0. The fourth-order valence-corrected chi connectivity index (χ4v) is 4.48. The summed E-state index contributed by atoms with van der Waals surface area (Å²) in [4.78, 5) is 8.78. The molecular formula is C20H15AuF3O2P. The Morgan fingerprint density at radius 3 is 1.07 bits per heavy atom. The van der Waals surface area contributed by atoms with E-state index < -0.39 is 20.1 Å². The molecule has 0 atom stereocenters. The molecule has 0 spiro atoms. The van der Waals surface area contributed by atoms with Gasteiger partial charge in [-0.3, -0.25) is 0 Å². The molecule has 0 saturated carbocycles. The quantitative estimate of drug-likeness (QED) is 0.358. The third-order valence-electron chi connectivity index (χ3n) is 3.27. The summed E-state index contributed by atoms with van der Waals surface area (Å²) in [5.41, 5.74) is 0. The molecular weight excluding hydrogens is 557 g/mol. The number of halogens is 3. The van der Waals surface area contributed by atoms with E-state index in [1.54, 1.807) is 0 Å². The van der Waals surface area contributed by atoms with Crippen molar-refractivity contribution in [3.63, 3.8) is 0 Å². The maximum absolute atomic E-state index is 10.5. The molecule has 0 aliphatic rings. The van der Waals surface area contributed by atoms with E-state index in [0.717, 1.165) is 0 Å². The van der Waals surface area contributed by atoms with Gasteiger partial charge in [0.2, 0.25) is 0 Å². The molecule has 7 heteroatoms.